The zero-order valence-electron chi connectivity index (χ0n) is 6.06. The van der Waals surface area contributed by atoms with Gasteiger partial charge in [0, 0.05) is 13.2 Å². The maximum Gasteiger partial charge on any atom is 0.142 e. The van der Waals surface area contributed by atoms with E-state index in [1.807, 2.05) is 0 Å². The van der Waals surface area contributed by atoms with E-state index in [2.05, 4.69) is 5.32 Å². The molecule has 2 aliphatic rings. The first-order valence-corrected chi connectivity index (χ1v) is 3.88. The lowest BCUT2D eigenvalue weighted by atomic mass is 10.1. The summed E-state index contributed by atoms with van der Waals surface area (Å²) >= 11 is 0. The van der Waals surface area contributed by atoms with Gasteiger partial charge < -0.3 is 9.47 Å². The van der Waals surface area contributed by atoms with Gasteiger partial charge in [-0.25, -0.2) is 0 Å². The van der Waals surface area contributed by atoms with Gasteiger partial charge in [0.05, 0.1) is 13.2 Å². The number of hydrogen-bond donors (Lipinski definition) is 1. The molecule has 1 unspecified atom stereocenters. The van der Waals surface area contributed by atoms with Crippen LogP contribution < -0.4 is 5.32 Å². The molecule has 1 N–H and O–H groups in total. The molecular weight excluding hydrogens is 130 g/mol. The average molecular weight is 143 g/mol. The molecular formula is C7H13NO2. The largest absolute Gasteiger partial charge is 0.377 e. The first-order chi connectivity index (χ1) is 4.91. The van der Waals surface area contributed by atoms with Crippen LogP contribution in [-0.2, 0) is 9.47 Å². The van der Waals surface area contributed by atoms with E-state index in [9.17, 15) is 0 Å². The van der Waals surface area contributed by atoms with Crippen molar-refractivity contribution in [1.29, 1.82) is 0 Å². The third-order valence-corrected chi connectivity index (χ3v) is 2.13. The second-order valence-electron chi connectivity index (χ2n) is 2.93. The molecule has 2 saturated heterocycles. The maximum atomic E-state index is 5.55. The number of nitrogens with one attached hydrogen (secondary N) is 1. The lowest BCUT2D eigenvalue weighted by molar-refractivity contribution is -0.109. The molecule has 0 aromatic heterocycles. The molecule has 2 rings (SSSR count). The van der Waals surface area contributed by atoms with Gasteiger partial charge in [-0.05, 0) is 12.8 Å². The van der Waals surface area contributed by atoms with Gasteiger partial charge in [-0.3, -0.25) is 5.32 Å². The number of ether oxygens (including phenoxy) is 2. The normalized spacial score (nSPS) is 40.8. The lowest BCUT2D eigenvalue weighted by Gasteiger charge is -2.32. The lowest BCUT2D eigenvalue weighted by Crippen LogP contribution is -2.48. The molecule has 0 amide bonds. The third-order valence-electron chi connectivity index (χ3n) is 2.13. The van der Waals surface area contributed by atoms with Gasteiger partial charge in [-0.1, -0.05) is 0 Å². The van der Waals surface area contributed by atoms with Crippen LogP contribution in [-0.4, -0.2) is 32.1 Å². The topological polar surface area (TPSA) is 30.5 Å². The van der Waals surface area contributed by atoms with Crippen LogP contribution >= 0.6 is 0 Å². The second kappa shape index (κ2) is 2.49. The zero-order valence-corrected chi connectivity index (χ0v) is 6.06. The van der Waals surface area contributed by atoms with Gasteiger partial charge in [0.25, 0.3) is 0 Å². The van der Waals surface area contributed by atoms with E-state index in [-0.39, 0.29) is 5.72 Å². The fraction of sp³-hybridized carbons (Fsp3) is 1.00. The van der Waals surface area contributed by atoms with Crippen LogP contribution in [0.5, 0.6) is 0 Å². The van der Waals surface area contributed by atoms with Gasteiger partial charge >= 0.3 is 0 Å². The summed E-state index contributed by atoms with van der Waals surface area (Å²) in [5.41, 5.74) is -0.0990. The first kappa shape index (κ1) is 6.58. The van der Waals surface area contributed by atoms with Crippen LogP contribution in [0.3, 0.4) is 0 Å². The summed E-state index contributed by atoms with van der Waals surface area (Å²) in [6, 6.07) is 0. The summed E-state index contributed by atoms with van der Waals surface area (Å²) in [5, 5.41) is 3.32. The van der Waals surface area contributed by atoms with Crippen molar-refractivity contribution >= 4 is 0 Å². The Bertz CT molecular complexity index is 113. The van der Waals surface area contributed by atoms with E-state index in [1.54, 1.807) is 0 Å². The average Bonchev–Trinajstić information content (AvgIpc) is 2.39. The molecule has 2 fully saturated rings. The summed E-state index contributed by atoms with van der Waals surface area (Å²) in [7, 11) is 0. The molecule has 0 saturated carbocycles. The van der Waals surface area contributed by atoms with E-state index in [4.69, 9.17) is 9.47 Å². The Morgan fingerprint density at radius 3 is 2.90 bits per heavy atom. The van der Waals surface area contributed by atoms with Crippen LogP contribution in [0.25, 0.3) is 0 Å². The molecule has 2 heterocycles. The summed E-state index contributed by atoms with van der Waals surface area (Å²) in [6.07, 6.45) is 2.22. The summed E-state index contributed by atoms with van der Waals surface area (Å²) in [4.78, 5) is 0. The molecule has 1 spiro atoms. The highest BCUT2D eigenvalue weighted by Gasteiger charge is 2.36. The van der Waals surface area contributed by atoms with E-state index >= 15 is 0 Å². The second-order valence-corrected chi connectivity index (χ2v) is 2.93. The van der Waals surface area contributed by atoms with Crippen molar-refractivity contribution in [2.24, 2.45) is 0 Å². The Hall–Kier alpha value is -0.120. The summed E-state index contributed by atoms with van der Waals surface area (Å²) in [6.45, 7) is 3.44. The van der Waals surface area contributed by atoms with Crippen molar-refractivity contribution in [2.45, 2.75) is 18.6 Å². The van der Waals surface area contributed by atoms with Crippen LogP contribution in [0.15, 0.2) is 0 Å². The van der Waals surface area contributed by atoms with E-state index in [1.165, 1.54) is 0 Å². The van der Waals surface area contributed by atoms with Crippen molar-refractivity contribution in [1.82, 2.24) is 5.32 Å². The van der Waals surface area contributed by atoms with Gasteiger partial charge in [0.15, 0.2) is 0 Å². The zero-order chi connectivity index (χ0) is 6.86. The van der Waals surface area contributed by atoms with Crippen molar-refractivity contribution in [3.05, 3.63) is 0 Å². The monoisotopic (exact) mass is 143 g/mol. The SMILES string of the molecule is C1COCC2(C1)NCCO2. The minimum atomic E-state index is -0.0990. The smallest absolute Gasteiger partial charge is 0.142 e. The van der Waals surface area contributed by atoms with Gasteiger partial charge in [-0.2, -0.15) is 0 Å². The van der Waals surface area contributed by atoms with Crippen LogP contribution in [0, 0.1) is 0 Å². The highest BCUT2D eigenvalue weighted by Crippen LogP contribution is 2.22. The van der Waals surface area contributed by atoms with Crippen LogP contribution in [0.2, 0.25) is 0 Å². The Morgan fingerprint density at radius 2 is 2.30 bits per heavy atom. The molecule has 0 radical (unpaired) electrons. The highest BCUT2D eigenvalue weighted by molar-refractivity contribution is 4.84. The van der Waals surface area contributed by atoms with Gasteiger partial charge in [0.2, 0.25) is 0 Å². The summed E-state index contributed by atoms with van der Waals surface area (Å²) < 4.78 is 10.9. The summed E-state index contributed by atoms with van der Waals surface area (Å²) in [5.74, 6) is 0. The number of hydrogen-bond acceptors (Lipinski definition) is 3. The predicted octanol–water partition coefficient (Wildman–Crippen LogP) is 0.113. The molecule has 3 nitrogen and oxygen atoms in total. The molecule has 0 bridgehead atoms. The third kappa shape index (κ3) is 1.05. The highest BCUT2D eigenvalue weighted by atomic mass is 16.6. The van der Waals surface area contributed by atoms with Gasteiger partial charge in [-0.15, -0.1) is 0 Å². The molecule has 3 heteroatoms. The molecule has 0 aromatic carbocycles. The maximum absolute atomic E-state index is 5.55. The van der Waals surface area contributed by atoms with E-state index in [0.29, 0.717) is 0 Å². The molecule has 0 aliphatic carbocycles. The quantitative estimate of drug-likeness (QED) is 0.522. The van der Waals surface area contributed by atoms with Crippen LogP contribution in [0.1, 0.15) is 12.8 Å². The fourth-order valence-corrected chi connectivity index (χ4v) is 1.60. The molecule has 1 atom stereocenters. The standard InChI is InChI=1S/C7H13NO2/c1-2-7(6-9-4-1)8-3-5-10-7/h8H,1-6H2. The molecule has 58 valence electrons. The Balaban J connectivity index is 1.98. The first-order valence-electron chi connectivity index (χ1n) is 3.88. The molecule has 0 aromatic rings. The Morgan fingerprint density at radius 1 is 1.30 bits per heavy atom. The predicted molar refractivity (Wildman–Crippen MR) is 36.7 cm³/mol. The molecule has 10 heavy (non-hydrogen) atoms. The van der Waals surface area contributed by atoms with Crippen molar-refractivity contribution in [2.75, 3.05) is 26.4 Å². The van der Waals surface area contributed by atoms with E-state index in [0.717, 1.165) is 39.2 Å². The number of rotatable bonds is 0. The van der Waals surface area contributed by atoms with Crippen molar-refractivity contribution in [3.8, 4) is 0 Å². The van der Waals surface area contributed by atoms with Crippen LogP contribution in [0.4, 0.5) is 0 Å². The Labute approximate surface area is 60.7 Å². The molecule has 2 aliphatic heterocycles. The minimum absolute atomic E-state index is 0.0990. The van der Waals surface area contributed by atoms with Crippen molar-refractivity contribution in [3.63, 3.8) is 0 Å². The fourth-order valence-electron chi connectivity index (χ4n) is 1.60. The minimum Gasteiger partial charge on any atom is -0.377 e. The Kier molecular flexibility index (Phi) is 1.64. The van der Waals surface area contributed by atoms with Gasteiger partial charge in [0.1, 0.15) is 5.72 Å². The van der Waals surface area contributed by atoms with Crippen molar-refractivity contribution < 1.29 is 9.47 Å². The van der Waals surface area contributed by atoms with E-state index < -0.39 is 0 Å².